The first-order valence-corrected chi connectivity index (χ1v) is 8.03. The lowest BCUT2D eigenvalue weighted by molar-refractivity contribution is -0.118. The van der Waals surface area contributed by atoms with Gasteiger partial charge in [-0.25, -0.2) is 0 Å². The Morgan fingerprint density at radius 2 is 1.83 bits per heavy atom. The summed E-state index contributed by atoms with van der Waals surface area (Å²) in [6, 6.07) is 16.7. The van der Waals surface area contributed by atoms with Crippen molar-refractivity contribution in [2.75, 3.05) is 29.9 Å². The van der Waals surface area contributed by atoms with Crippen LogP contribution in [0.3, 0.4) is 0 Å². The summed E-state index contributed by atoms with van der Waals surface area (Å²) in [7, 11) is 0. The van der Waals surface area contributed by atoms with Crippen LogP contribution in [0.5, 0.6) is 5.75 Å². The third-order valence-electron chi connectivity index (χ3n) is 3.99. The minimum Gasteiger partial charge on any atom is -0.482 e. The summed E-state index contributed by atoms with van der Waals surface area (Å²) in [5.41, 5.74) is 2.34. The molecule has 0 radical (unpaired) electrons. The molecule has 2 aromatic carbocycles. The molecule has 5 heteroatoms. The number of nitriles is 1. The smallest absolute Gasteiger partial charge is 0.262 e. The fourth-order valence-electron chi connectivity index (χ4n) is 2.76. The minimum atomic E-state index is -0.253. The predicted molar refractivity (Wildman–Crippen MR) is 93.2 cm³/mol. The van der Waals surface area contributed by atoms with Gasteiger partial charge in [-0.05, 0) is 49.2 Å². The molecule has 0 bridgehead atoms. The number of ether oxygens (including phenoxy) is 1. The molecule has 24 heavy (non-hydrogen) atoms. The highest BCUT2D eigenvalue weighted by molar-refractivity contribution is 5.92. The summed E-state index contributed by atoms with van der Waals surface area (Å²) in [6.45, 7) is 2.06. The molecular weight excluding hydrogens is 302 g/mol. The average Bonchev–Trinajstić information content (AvgIpc) is 3.15. The molecule has 1 heterocycles. The van der Waals surface area contributed by atoms with Crippen LogP contribution in [0.4, 0.5) is 11.4 Å². The zero-order chi connectivity index (χ0) is 16.8. The molecule has 0 unspecified atom stereocenters. The summed E-state index contributed by atoms with van der Waals surface area (Å²) in [5, 5.41) is 11.8. The first kappa shape index (κ1) is 15.9. The van der Waals surface area contributed by atoms with Gasteiger partial charge in [-0.1, -0.05) is 12.1 Å². The summed E-state index contributed by atoms with van der Waals surface area (Å²) < 4.78 is 5.42. The molecule has 0 saturated carbocycles. The van der Waals surface area contributed by atoms with Crippen molar-refractivity contribution in [1.82, 2.24) is 0 Å². The maximum Gasteiger partial charge on any atom is 0.262 e. The van der Waals surface area contributed by atoms with Crippen molar-refractivity contribution in [2.24, 2.45) is 0 Å². The Hall–Kier alpha value is -3.00. The van der Waals surface area contributed by atoms with E-state index in [0.29, 0.717) is 11.3 Å². The van der Waals surface area contributed by atoms with Crippen molar-refractivity contribution in [3.05, 3.63) is 54.1 Å². The first-order chi connectivity index (χ1) is 11.8. The molecule has 0 aromatic heterocycles. The van der Waals surface area contributed by atoms with E-state index in [1.807, 2.05) is 30.3 Å². The topological polar surface area (TPSA) is 65.4 Å². The van der Waals surface area contributed by atoms with E-state index in [4.69, 9.17) is 10.00 Å². The summed E-state index contributed by atoms with van der Waals surface area (Å²) >= 11 is 0. The third-order valence-corrected chi connectivity index (χ3v) is 3.99. The lowest BCUT2D eigenvalue weighted by atomic mass is 10.2. The molecule has 0 aliphatic carbocycles. The van der Waals surface area contributed by atoms with Crippen LogP contribution in [0, 0.1) is 11.3 Å². The van der Waals surface area contributed by atoms with Crippen LogP contribution in [0.25, 0.3) is 0 Å². The van der Waals surface area contributed by atoms with Crippen molar-refractivity contribution in [3.63, 3.8) is 0 Å². The molecule has 1 N–H and O–H groups in total. The Balaban J connectivity index is 1.54. The number of anilines is 2. The monoisotopic (exact) mass is 321 g/mol. The third kappa shape index (κ3) is 3.85. The van der Waals surface area contributed by atoms with Crippen LogP contribution in [0.15, 0.2) is 48.5 Å². The van der Waals surface area contributed by atoms with E-state index in [-0.39, 0.29) is 12.5 Å². The second-order valence-electron chi connectivity index (χ2n) is 5.69. The lowest BCUT2D eigenvalue weighted by Gasteiger charge is -2.17. The van der Waals surface area contributed by atoms with Gasteiger partial charge in [0.15, 0.2) is 6.61 Å². The second kappa shape index (κ2) is 7.51. The number of carbonyl (C=O) groups is 1. The molecule has 1 saturated heterocycles. The van der Waals surface area contributed by atoms with Crippen LogP contribution in [0.1, 0.15) is 18.4 Å². The number of para-hydroxylation sites is 1. The van der Waals surface area contributed by atoms with E-state index in [2.05, 4.69) is 10.2 Å². The van der Waals surface area contributed by atoms with Crippen LogP contribution in [-0.2, 0) is 4.79 Å². The highest BCUT2D eigenvalue weighted by Gasteiger charge is 2.12. The maximum absolute atomic E-state index is 12.0. The van der Waals surface area contributed by atoms with Gasteiger partial charge in [-0.3, -0.25) is 4.79 Å². The summed E-state index contributed by atoms with van der Waals surface area (Å²) in [6.07, 6.45) is 2.47. The quantitative estimate of drug-likeness (QED) is 0.918. The number of benzene rings is 2. The number of nitrogens with zero attached hydrogens (tertiary/aromatic N) is 2. The maximum atomic E-state index is 12.0. The van der Waals surface area contributed by atoms with Gasteiger partial charge < -0.3 is 15.0 Å². The molecular formula is C19H19N3O2. The van der Waals surface area contributed by atoms with Gasteiger partial charge in [0.2, 0.25) is 0 Å². The van der Waals surface area contributed by atoms with E-state index in [1.54, 1.807) is 24.3 Å². The predicted octanol–water partition coefficient (Wildman–Crippen LogP) is 3.18. The molecule has 2 aromatic rings. The molecule has 1 amide bonds. The van der Waals surface area contributed by atoms with Crippen LogP contribution < -0.4 is 15.0 Å². The van der Waals surface area contributed by atoms with Gasteiger partial charge in [0.25, 0.3) is 5.91 Å². The molecule has 0 spiro atoms. The van der Waals surface area contributed by atoms with Crippen LogP contribution >= 0.6 is 0 Å². The van der Waals surface area contributed by atoms with Crippen molar-refractivity contribution in [2.45, 2.75) is 12.8 Å². The number of amides is 1. The molecule has 1 fully saturated rings. The van der Waals surface area contributed by atoms with Gasteiger partial charge in [0.05, 0.1) is 5.56 Å². The summed E-state index contributed by atoms with van der Waals surface area (Å²) in [5.74, 6) is 0.163. The number of nitrogens with one attached hydrogen (secondary N) is 1. The Bertz CT molecular complexity index is 744. The van der Waals surface area contributed by atoms with Crippen LogP contribution in [-0.4, -0.2) is 25.6 Å². The van der Waals surface area contributed by atoms with Crippen molar-refractivity contribution >= 4 is 17.3 Å². The first-order valence-electron chi connectivity index (χ1n) is 8.03. The Labute approximate surface area is 141 Å². The fraction of sp³-hybridized carbons (Fsp3) is 0.263. The lowest BCUT2D eigenvalue weighted by Crippen LogP contribution is -2.21. The normalized spacial score (nSPS) is 13.4. The van der Waals surface area contributed by atoms with Crippen LogP contribution in [0.2, 0.25) is 0 Å². The second-order valence-corrected chi connectivity index (χ2v) is 5.69. The highest BCUT2D eigenvalue weighted by atomic mass is 16.5. The van der Waals surface area contributed by atoms with Gasteiger partial charge in [0.1, 0.15) is 11.8 Å². The number of carbonyl (C=O) groups excluding carboxylic acids is 1. The standard InChI is InChI=1S/C19H19N3O2/c20-13-15-5-1-2-6-18(15)24-14-19(23)21-16-7-9-17(10-8-16)22-11-3-4-12-22/h1-2,5-10H,3-4,11-12,14H2,(H,21,23). The largest absolute Gasteiger partial charge is 0.482 e. The number of hydrogen-bond donors (Lipinski definition) is 1. The zero-order valence-corrected chi connectivity index (χ0v) is 13.4. The SMILES string of the molecule is N#Cc1ccccc1OCC(=O)Nc1ccc(N2CCCC2)cc1. The van der Waals surface area contributed by atoms with Crippen molar-refractivity contribution < 1.29 is 9.53 Å². The molecule has 3 rings (SSSR count). The Morgan fingerprint density at radius 3 is 2.54 bits per heavy atom. The zero-order valence-electron chi connectivity index (χ0n) is 13.4. The molecule has 1 aliphatic rings. The fourth-order valence-corrected chi connectivity index (χ4v) is 2.76. The van der Waals surface area contributed by atoms with Crippen molar-refractivity contribution in [3.8, 4) is 11.8 Å². The molecule has 0 atom stereocenters. The number of rotatable bonds is 5. The minimum absolute atomic E-state index is 0.132. The van der Waals surface area contributed by atoms with E-state index >= 15 is 0 Å². The highest BCUT2D eigenvalue weighted by Crippen LogP contribution is 2.22. The van der Waals surface area contributed by atoms with E-state index < -0.39 is 0 Å². The average molecular weight is 321 g/mol. The molecule has 122 valence electrons. The van der Waals surface area contributed by atoms with Gasteiger partial charge >= 0.3 is 0 Å². The summed E-state index contributed by atoms with van der Waals surface area (Å²) in [4.78, 5) is 14.3. The Kier molecular flexibility index (Phi) is 4.97. The molecule has 5 nitrogen and oxygen atoms in total. The van der Waals surface area contributed by atoms with Gasteiger partial charge in [-0.2, -0.15) is 5.26 Å². The number of hydrogen-bond acceptors (Lipinski definition) is 4. The van der Waals surface area contributed by atoms with Crippen molar-refractivity contribution in [1.29, 1.82) is 5.26 Å². The van der Waals surface area contributed by atoms with Gasteiger partial charge in [-0.15, -0.1) is 0 Å². The van der Waals surface area contributed by atoms with E-state index in [1.165, 1.54) is 18.5 Å². The van der Waals surface area contributed by atoms with Gasteiger partial charge in [0, 0.05) is 24.5 Å². The van der Waals surface area contributed by atoms with E-state index in [0.717, 1.165) is 18.8 Å². The Morgan fingerprint density at radius 1 is 1.12 bits per heavy atom. The molecule has 1 aliphatic heterocycles. The van der Waals surface area contributed by atoms with E-state index in [9.17, 15) is 4.79 Å².